The molecule has 2 aromatic carbocycles. The minimum absolute atomic E-state index is 0.209. The highest BCUT2D eigenvalue weighted by Gasteiger charge is 2.25. The second-order valence-corrected chi connectivity index (χ2v) is 6.46. The number of carbonyl (C=O) groups is 1. The van der Waals surface area contributed by atoms with Crippen molar-refractivity contribution in [3.8, 4) is 0 Å². The second kappa shape index (κ2) is 8.09. The third kappa shape index (κ3) is 4.20. The number of fused-ring (bicyclic) bond motifs is 1. The molecule has 1 amide bonds. The Morgan fingerprint density at radius 3 is 2.63 bits per heavy atom. The van der Waals surface area contributed by atoms with E-state index in [1.54, 1.807) is 55.4 Å². The number of amides is 1. The smallest absolute Gasteiger partial charge is 0.258 e. The maximum absolute atomic E-state index is 14.1. The average molecular weight is 368 g/mol. The summed E-state index contributed by atoms with van der Waals surface area (Å²) in [5.41, 5.74) is 0.719. The van der Waals surface area contributed by atoms with Gasteiger partial charge < -0.3 is 10.3 Å². The van der Waals surface area contributed by atoms with Crippen molar-refractivity contribution in [2.45, 2.75) is 12.5 Å². The number of rotatable bonds is 6. The lowest BCUT2D eigenvalue weighted by Crippen LogP contribution is -2.38. The molecule has 0 saturated heterocycles. The first kappa shape index (κ1) is 18.7. The highest BCUT2D eigenvalue weighted by molar-refractivity contribution is 5.83. The SMILES string of the molecule is CN(C)[C@@H](C(=O)NCCc1nc2ccccc2c(=O)[nH]1)c1ccccc1F. The highest BCUT2D eigenvalue weighted by atomic mass is 19.1. The molecule has 0 aliphatic heterocycles. The lowest BCUT2D eigenvalue weighted by Gasteiger charge is -2.24. The van der Waals surface area contributed by atoms with Gasteiger partial charge in [-0.05, 0) is 32.3 Å². The van der Waals surface area contributed by atoms with Crippen molar-refractivity contribution in [2.75, 3.05) is 20.6 Å². The minimum Gasteiger partial charge on any atom is -0.354 e. The van der Waals surface area contributed by atoms with E-state index in [1.165, 1.54) is 6.07 Å². The van der Waals surface area contributed by atoms with Gasteiger partial charge in [-0.25, -0.2) is 9.37 Å². The molecule has 0 aliphatic carbocycles. The van der Waals surface area contributed by atoms with Crippen molar-refractivity contribution in [3.63, 3.8) is 0 Å². The first-order valence-corrected chi connectivity index (χ1v) is 8.64. The molecule has 2 N–H and O–H groups in total. The van der Waals surface area contributed by atoms with E-state index in [0.717, 1.165) is 0 Å². The summed E-state index contributed by atoms with van der Waals surface area (Å²) in [6.07, 6.45) is 0.364. The predicted octanol–water partition coefficient (Wildman–Crippen LogP) is 2.02. The Morgan fingerprint density at radius 1 is 1.19 bits per heavy atom. The molecule has 0 radical (unpaired) electrons. The van der Waals surface area contributed by atoms with Crippen LogP contribution >= 0.6 is 0 Å². The van der Waals surface area contributed by atoms with E-state index in [2.05, 4.69) is 15.3 Å². The van der Waals surface area contributed by atoms with E-state index in [9.17, 15) is 14.0 Å². The monoisotopic (exact) mass is 368 g/mol. The van der Waals surface area contributed by atoms with Crippen LogP contribution in [0.4, 0.5) is 4.39 Å². The van der Waals surface area contributed by atoms with Crippen molar-refractivity contribution < 1.29 is 9.18 Å². The van der Waals surface area contributed by atoms with E-state index < -0.39 is 11.9 Å². The number of likely N-dealkylation sites (N-methyl/N-ethyl adjacent to an activating group) is 1. The van der Waals surface area contributed by atoms with Crippen LogP contribution in [-0.4, -0.2) is 41.4 Å². The number of nitrogens with one attached hydrogen (secondary N) is 2. The van der Waals surface area contributed by atoms with Crippen LogP contribution in [0.25, 0.3) is 10.9 Å². The van der Waals surface area contributed by atoms with Gasteiger partial charge in [0, 0.05) is 18.5 Å². The summed E-state index contributed by atoms with van der Waals surface area (Å²) in [6.45, 7) is 0.277. The Balaban J connectivity index is 1.70. The van der Waals surface area contributed by atoms with Crippen molar-refractivity contribution in [1.29, 1.82) is 0 Å². The molecule has 1 aromatic heterocycles. The van der Waals surface area contributed by atoms with Crippen molar-refractivity contribution in [3.05, 3.63) is 76.1 Å². The van der Waals surface area contributed by atoms with Crippen LogP contribution in [0.5, 0.6) is 0 Å². The van der Waals surface area contributed by atoms with E-state index in [0.29, 0.717) is 28.7 Å². The summed E-state index contributed by atoms with van der Waals surface area (Å²) in [5.74, 6) is -0.244. The number of carbonyl (C=O) groups excluding carboxylic acids is 1. The van der Waals surface area contributed by atoms with Gasteiger partial charge >= 0.3 is 0 Å². The zero-order valence-corrected chi connectivity index (χ0v) is 15.2. The lowest BCUT2D eigenvalue weighted by molar-refractivity contribution is -0.125. The fraction of sp³-hybridized carbons (Fsp3) is 0.250. The van der Waals surface area contributed by atoms with Gasteiger partial charge in [-0.15, -0.1) is 0 Å². The largest absolute Gasteiger partial charge is 0.354 e. The van der Waals surface area contributed by atoms with Crippen LogP contribution in [0, 0.1) is 5.82 Å². The Labute approximate surface area is 156 Å². The van der Waals surface area contributed by atoms with Gasteiger partial charge in [0.25, 0.3) is 5.56 Å². The van der Waals surface area contributed by atoms with E-state index >= 15 is 0 Å². The molecule has 0 fully saturated rings. The Morgan fingerprint density at radius 2 is 1.89 bits per heavy atom. The van der Waals surface area contributed by atoms with Crippen molar-refractivity contribution >= 4 is 16.8 Å². The second-order valence-electron chi connectivity index (χ2n) is 6.46. The molecule has 3 rings (SSSR count). The molecular formula is C20H21FN4O2. The van der Waals surface area contributed by atoms with Crippen LogP contribution in [0.15, 0.2) is 53.3 Å². The zero-order valence-electron chi connectivity index (χ0n) is 15.2. The summed E-state index contributed by atoms with van der Waals surface area (Å²) in [5, 5.41) is 3.32. The Hall–Kier alpha value is -3.06. The van der Waals surface area contributed by atoms with Crippen molar-refractivity contribution in [1.82, 2.24) is 20.2 Å². The van der Waals surface area contributed by atoms with Gasteiger partial charge in [-0.1, -0.05) is 30.3 Å². The average Bonchev–Trinajstić information content (AvgIpc) is 2.63. The molecule has 0 spiro atoms. The molecule has 0 bridgehead atoms. The maximum atomic E-state index is 14.1. The third-order valence-corrected chi connectivity index (χ3v) is 4.29. The number of H-pyrrole nitrogens is 1. The van der Waals surface area contributed by atoms with Crippen LogP contribution < -0.4 is 10.9 Å². The van der Waals surface area contributed by atoms with Gasteiger partial charge in [-0.2, -0.15) is 0 Å². The fourth-order valence-electron chi connectivity index (χ4n) is 3.00. The van der Waals surface area contributed by atoms with Crippen LogP contribution in [0.3, 0.4) is 0 Å². The highest BCUT2D eigenvalue weighted by Crippen LogP contribution is 2.21. The first-order chi connectivity index (χ1) is 13.0. The molecular weight excluding hydrogens is 347 g/mol. The van der Waals surface area contributed by atoms with E-state index in [1.807, 2.05) is 6.07 Å². The number of aromatic amines is 1. The molecule has 1 atom stereocenters. The number of aromatic nitrogens is 2. The third-order valence-electron chi connectivity index (χ3n) is 4.29. The Kier molecular flexibility index (Phi) is 5.61. The summed E-state index contributed by atoms with van der Waals surface area (Å²) < 4.78 is 14.1. The molecule has 27 heavy (non-hydrogen) atoms. The van der Waals surface area contributed by atoms with Crippen LogP contribution in [0.1, 0.15) is 17.4 Å². The fourth-order valence-corrected chi connectivity index (χ4v) is 3.00. The number of hydrogen-bond acceptors (Lipinski definition) is 4. The van der Waals surface area contributed by atoms with Crippen LogP contribution in [-0.2, 0) is 11.2 Å². The normalized spacial score (nSPS) is 12.3. The minimum atomic E-state index is -0.741. The molecule has 6 nitrogen and oxygen atoms in total. The summed E-state index contributed by atoms with van der Waals surface area (Å²) in [6, 6.07) is 12.6. The van der Waals surface area contributed by atoms with Gasteiger partial charge in [-0.3, -0.25) is 14.5 Å². The first-order valence-electron chi connectivity index (χ1n) is 8.64. The molecule has 0 aliphatic rings. The summed E-state index contributed by atoms with van der Waals surface area (Å²) >= 11 is 0. The topological polar surface area (TPSA) is 78.1 Å². The lowest BCUT2D eigenvalue weighted by atomic mass is 10.0. The quantitative estimate of drug-likeness (QED) is 0.698. The molecule has 7 heteroatoms. The molecule has 3 aromatic rings. The Bertz CT molecular complexity index is 1020. The predicted molar refractivity (Wildman–Crippen MR) is 102 cm³/mol. The van der Waals surface area contributed by atoms with Gasteiger partial charge in [0.2, 0.25) is 5.91 Å². The zero-order chi connectivity index (χ0) is 19.4. The van der Waals surface area contributed by atoms with Gasteiger partial charge in [0.15, 0.2) is 0 Å². The number of hydrogen-bond donors (Lipinski definition) is 2. The number of benzene rings is 2. The molecule has 1 heterocycles. The molecule has 0 unspecified atom stereocenters. The van der Waals surface area contributed by atoms with Gasteiger partial charge in [0.05, 0.1) is 10.9 Å². The van der Waals surface area contributed by atoms with Crippen LogP contribution in [0.2, 0.25) is 0 Å². The van der Waals surface area contributed by atoms with E-state index in [-0.39, 0.29) is 18.0 Å². The van der Waals surface area contributed by atoms with Gasteiger partial charge in [0.1, 0.15) is 17.7 Å². The van der Waals surface area contributed by atoms with Crippen molar-refractivity contribution in [2.24, 2.45) is 0 Å². The molecule has 0 saturated carbocycles. The standard InChI is InChI=1S/C20H21FN4O2/c1-25(2)18(13-7-3-5-9-15(13)21)20(27)22-12-11-17-23-16-10-6-4-8-14(16)19(26)24-17/h3-10,18H,11-12H2,1-2H3,(H,22,27)(H,23,24,26)/t18-/m1/s1. The number of nitrogens with zero attached hydrogens (tertiary/aromatic N) is 2. The van der Waals surface area contributed by atoms with E-state index in [4.69, 9.17) is 0 Å². The maximum Gasteiger partial charge on any atom is 0.258 e. The number of halogens is 1. The summed E-state index contributed by atoms with van der Waals surface area (Å²) in [4.78, 5) is 33.5. The summed E-state index contributed by atoms with van der Waals surface area (Å²) in [7, 11) is 3.44. The molecule has 140 valence electrons. The number of para-hydroxylation sites is 1.